The van der Waals surface area contributed by atoms with E-state index in [1.807, 2.05) is 42.5 Å². The number of carbonyl (C=O) groups is 1. The molecule has 2 aromatic carbocycles. The molecule has 1 aliphatic heterocycles. The number of carbonyl (C=O) groups excluding carboxylic acids is 1. The van der Waals surface area contributed by atoms with E-state index in [0.717, 1.165) is 49.7 Å². The average molecular weight is 492 g/mol. The van der Waals surface area contributed by atoms with Crippen LogP contribution in [0.1, 0.15) is 56.6 Å². The molecule has 190 valence electrons. The highest BCUT2D eigenvalue weighted by atomic mass is 16.7. The summed E-state index contributed by atoms with van der Waals surface area (Å²) in [5.41, 5.74) is 2.54. The molecule has 36 heavy (non-hydrogen) atoms. The van der Waals surface area contributed by atoms with Crippen LogP contribution in [0.15, 0.2) is 48.6 Å². The lowest BCUT2D eigenvalue weighted by atomic mass is 10.0. The molecule has 0 spiro atoms. The molecule has 0 unspecified atom stereocenters. The third-order valence-electron chi connectivity index (χ3n) is 5.68. The van der Waals surface area contributed by atoms with Gasteiger partial charge in [0.05, 0.1) is 32.0 Å². The minimum atomic E-state index is -0.318. The Morgan fingerprint density at radius 3 is 2.44 bits per heavy atom. The van der Waals surface area contributed by atoms with Gasteiger partial charge in [-0.3, -0.25) is 0 Å². The van der Waals surface area contributed by atoms with E-state index in [1.165, 1.54) is 0 Å². The number of nitrogens with zero attached hydrogens (tertiary/aromatic N) is 1. The SMILES string of the molecule is C=C(C)C(=O)OCCCCCCCCOc1ccc(/C=C(\C#N)c2ccc3c(c2)OCO3)cc1OC. The Morgan fingerprint density at radius 1 is 1.00 bits per heavy atom. The number of unbranched alkanes of at least 4 members (excludes halogenated alkanes) is 5. The van der Waals surface area contributed by atoms with Gasteiger partial charge in [-0.1, -0.05) is 38.3 Å². The fourth-order valence-electron chi connectivity index (χ4n) is 3.69. The molecule has 0 aromatic heterocycles. The highest BCUT2D eigenvalue weighted by Crippen LogP contribution is 2.35. The van der Waals surface area contributed by atoms with Gasteiger partial charge in [-0.2, -0.15) is 5.26 Å². The summed E-state index contributed by atoms with van der Waals surface area (Å²) in [5, 5.41) is 9.69. The Balaban J connectivity index is 1.43. The van der Waals surface area contributed by atoms with Gasteiger partial charge in [0.25, 0.3) is 0 Å². The van der Waals surface area contributed by atoms with Gasteiger partial charge in [0, 0.05) is 5.57 Å². The third kappa shape index (κ3) is 7.81. The van der Waals surface area contributed by atoms with E-state index in [2.05, 4.69) is 12.6 Å². The van der Waals surface area contributed by atoms with Crippen LogP contribution in [0.5, 0.6) is 23.0 Å². The number of hydrogen-bond acceptors (Lipinski definition) is 7. The Kier molecular flexibility index (Phi) is 10.3. The number of fused-ring (bicyclic) bond motifs is 1. The van der Waals surface area contributed by atoms with Crippen LogP contribution in [0.4, 0.5) is 0 Å². The smallest absolute Gasteiger partial charge is 0.333 e. The summed E-state index contributed by atoms with van der Waals surface area (Å²) in [7, 11) is 1.60. The summed E-state index contributed by atoms with van der Waals surface area (Å²) in [5.74, 6) is 2.30. The van der Waals surface area contributed by atoms with Crippen LogP contribution in [0.3, 0.4) is 0 Å². The van der Waals surface area contributed by atoms with Crippen LogP contribution in [0.25, 0.3) is 11.6 Å². The first-order valence-corrected chi connectivity index (χ1v) is 12.2. The van der Waals surface area contributed by atoms with E-state index in [1.54, 1.807) is 14.0 Å². The number of allylic oxidation sites excluding steroid dienone is 1. The van der Waals surface area contributed by atoms with Gasteiger partial charge in [0.2, 0.25) is 6.79 Å². The Bertz CT molecular complexity index is 1130. The van der Waals surface area contributed by atoms with Crippen molar-refractivity contribution in [2.75, 3.05) is 27.1 Å². The lowest BCUT2D eigenvalue weighted by Crippen LogP contribution is -2.06. The maximum Gasteiger partial charge on any atom is 0.333 e. The Morgan fingerprint density at radius 2 is 1.72 bits per heavy atom. The second-order valence-electron chi connectivity index (χ2n) is 8.53. The topological polar surface area (TPSA) is 87.0 Å². The molecule has 0 atom stereocenters. The maximum atomic E-state index is 11.3. The molecular weight excluding hydrogens is 458 g/mol. The second kappa shape index (κ2) is 13.8. The van der Waals surface area contributed by atoms with E-state index >= 15 is 0 Å². The molecule has 0 radical (unpaired) electrons. The van der Waals surface area contributed by atoms with Crippen LogP contribution in [-0.4, -0.2) is 33.1 Å². The molecule has 0 aliphatic carbocycles. The minimum Gasteiger partial charge on any atom is -0.493 e. The molecule has 0 saturated heterocycles. The van der Waals surface area contributed by atoms with Crippen molar-refractivity contribution in [2.45, 2.75) is 45.4 Å². The lowest BCUT2D eigenvalue weighted by molar-refractivity contribution is -0.139. The number of benzene rings is 2. The van der Waals surface area contributed by atoms with Gasteiger partial charge in [-0.05, 0) is 67.3 Å². The van der Waals surface area contributed by atoms with Gasteiger partial charge < -0.3 is 23.7 Å². The number of nitriles is 1. The number of esters is 1. The standard InChI is InChI=1S/C29H33NO6/c1-21(2)29(31)34-15-9-7-5-4-6-8-14-33-25-12-10-22(17-27(25)32-3)16-24(19-30)23-11-13-26-28(18-23)36-20-35-26/h10-13,16-18H,1,4-9,14-15,20H2,2-3H3/b24-16+. The van der Waals surface area contributed by atoms with Crippen LogP contribution >= 0.6 is 0 Å². The first-order valence-electron chi connectivity index (χ1n) is 12.2. The van der Waals surface area contributed by atoms with Gasteiger partial charge in [0.1, 0.15) is 0 Å². The zero-order chi connectivity index (χ0) is 25.8. The van der Waals surface area contributed by atoms with Gasteiger partial charge >= 0.3 is 5.97 Å². The van der Waals surface area contributed by atoms with Crippen molar-refractivity contribution >= 4 is 17.6 Å². The van der Waals surface area contributed by atoms with Crippen molar-refractivity contribution in [3.05, 3.63) is 59.7 Å². The lowest BCUT2D eigenvalue weighted by Gasteiger charge is -2.12. The van der Waals surface area contributed by atoms with Crippen molar-refractivity contribution in [2.24, 2.45) is 0 Å². The molecule has 0 saturated carbocycles. The molecule has 0 amide bonds. The van der Waals surface area contributed by atoms with Crippen molar-refractivity contribution in [3.8, 4) is 29.1 Å². The molecular formula is C29H33NO6. The highest BCUT2D eigenvalue weighted by molar-refractivity contribution is 5.90. The summed E-state index contributed by atoms with van der Waals surface area (Å²) in [6.07, 6.45) is 7.92. The summed E-state index contributed by atoms with van der Waals surface area (Å²) >= 11 is 0. The van der Waals surface area contributed by atoms with E-state index in [9.17, 15) is 10.1 Å². The first kappa shape index (κ1) is 26.7. The van der Waals surface area contributed by atoms with E-state index in [-0.39, 0.29) is 12.8 Å². The number of ether oxygens (including phenoxy) is 5. The second-order valence-corrected chi connectivity index (χ2v) is 8.53. The Hall–Kier alpha value is -3.92. The zero-order valence-electron chi connectivity index (χ0n) is 21.0. The van der Waals surface area contributed by atoms with E-state index in [0.29, 0.717) is 47.4 Å². The minimum absolute atomic E-state index is 0.192. The number of methoxy groups -OCH3 is 1. The molecule has 0 N–H and O–H groups in total. The van der Waals surface area contributed by atoms with Crippen LogP contribution in [0, 0.1) is 11.3 Å². The summed E-state index contributed by atoms with van der Waals surface area (Å²) in [4.78, 5) is 11.3. The van der Waals surface area contributed by atoms with Crippen molar-refractivity contribution in [3.63, 3.8) is 0 Å². The highest BCUT2D eigenvalue weighted by Gasteiger charge is 2.15. The summed E-state index contributed by atoms with van der Waals surface area (Å²) < 4.78 is 27.3. The van der Waals surface area contributed by atoms with Crippen molar-refractivity contribution in [1.82, 2.24) is 0 Å². The number of hydrogen-bond donors (Lipinski definition) is 0. The fourth-order valence-corrected chi connectivity index (χ4v) is 3.69. The average Bonchev–Trinajstić information content (AvgIpc) is 3.36. The summed E-state index contributed by atoms with van der Waals surface area (Å²) in [6, 6.07) is 13.4. The molecule has 7 heteroatoms. The molecule has 1 aliphatic rings. The fraction of sp³-hybridized carbons (Fsp3) is 0.379. The predicted octanol–water partition coefficient (Wildman–Crippen LogP) is 6.33. The van der Waals surface area contributed by atoms with Gasteiger partial charge in [-0.15, -0.1) is 0 Å². The Labute approximate surface area is 212 Å². The van der Waals surface area contributed by atoms with Crippen molar-refractivity contribution < 1.29 is 28.5 Å². The van der Waals surface area contributed by atoms with Crippen LogP contribution < -0.4 is 18.9 Å². The first-order chi connectivity index (χ1) is 17.5. The largest absolute Gasteiger partial charge is 0.493 e. The molecule has 0 fully saturated rings. The number of rotatable bonds is 14. The van der Waals surface area contributed by atoms with Crippen LogP contribution in [0.2, 0.25) is 0 Å². The predicted molar refractivity (Wildman–Crippen MR) is 138 cm³/mol. The molecule has 1 heterocycles. The molecule has 3 rings (SSSR count). The molecule has 0 bridgehead atoms. The van der Waals surface area contributed by atoms with Crippen LogP contribution in [-0.2, 0) is 9.53 Å². The third-order valence-corrected chi connectivity index (χ3v) is 5.68. The monoisotopic (exact) mass is 491 g/mol. The molecule has 2 aromatic rings. The van der Waals surface area contributed by atoms with E-state index < -0.39 is 0 Å². The summed E-state index contributed by atoms with van der Waals surface area (Å²) in [6.45, 7) is 6.46. The van der Waals surface area contributed by atoms with E-state index in [4.69, 9.17) is 23.7 Å². The molecule has 7 nitrogen and oxygen atoms in total. The zero-order valence-corrected chi connectivity index (χ0v) is 21.0. The quantitative estimate of drug-likeness (QED) is 0.100. The maximum absolute atomic E-state index is 11.3. The van der Waals surface area contributed by atoms with Gasteiger partial charge in [-0.25, -0.2) is 4.79 Å². The van der Waals surface area contributed by atoms with Crippen molar-refractivity contribution in [1.29, 1.82) is 5.26 Å². The van der Waals surface area contributed by atoms with Gasteiger partial charge in [0.15, 0.2) is 23.0 Å². The normalized spacial score (nSPS) is 12.1.